The number of benzene rings is 3. The lowest BCUT2D eigenvalue weighted by Gasteiger charge is -2.13. The van der Waals surface area contributed by atoms with Crippen LogP contribution in [0.3, 0.4) is 0 Å². The molecule has 2 amide bonds. The molecule has 4 rings (SSSR count). The van der Waals surface area contributed by atoms with E-state index in [0.29, 0.717) is 30.0 Å². The molecule has 194 valence electrons. The first-order valence-corrected chi connectivity index (χ1v) is 11.7. The minimum atomic E-state index is -0.561. The summed E-state index contributed by atoms with van der Waals surface area (Å²) in [6.07, 6.45) is 3.85. The Bertz CT molecular complexity index is 1520. The molecule has 4 aromatic rings. The van der Waals surface area contributed by atoms with Gasteiger partial charge in [0, 0.05) is 41.3 Å². The van der Waals surface area contributed by atoms with Crippen molar-refractivity contribution in [3.63, 3.8) is 0 Å². The highest BCUT2D eigenvalue weighted by molar-refractivity contribution is 6.05. The van der Waals surface area contributed by atoms with Crippen LogP contribution in [0.2, 0.25) is 0 Å². The van der Waals surface area contributed by atoms with E-state index in [-0.39, 0.29) is 16.9 Å². The van der Waals surface area contributed by atoms with Crippen LogP contribution < -0.4 is 20.1 Å². The summed E-state index contributed by atoms with van der Waals surface area (Å²) in [5, 5.41) is 17.7. The number of H-pyrrole nitrogens is 1. The van der Waals surface area contributed by atoms with Gasteiger partial charge in [0.25, 0.3) is 17.5 Å². The van der Waals surface area contributed by atoms with E-state index < -0.39 is 16.7 Å². The first-order chi connectivity index (χ1) is 18.4. The molecular formula is C28H26N4O6. The van der Waals surface area contributed by atoms with E-state index in [0.717, 1.165) is 16.5 Å². The van der Waals surface area contributed by atoms with Crippen molar-refractivity contribution in [2.24, 2.45) is 0 Å². The highest BCUT2D eigenvalue weighted by Crippen LogP contribution is 2.27. The van der Waals surface area contributed by atoms with Crippen LogP contribution in [0.15, 0.2) is 78.6 Å². The zero-order chi connectivity index (χ0) is 27.1. The van der Waals surface area contributed by atoms with E-state index >= 15 is 0 Å². The number of methoxy groups -OCH3 is 2. The maximum Gasteiger partial charge on any atom is 0.270 e. The van der Waals surface area contributed by atoms with Gasteiger partial charge in [-0.2, -0.15) is 0 Å². The van der Waals surface area contributed by atoms with Crippen LogP contribution in [-0.2, 0) is 11.2 Å². The largest absolute Gasteiger partial charge is 0.493 e. The highest BCUT2D eigenvalue weighted by Gasteiger charge is 2.17. The molecule has 0 saturated carbocycles. The molecule has 10 nitrogen and oxygen atoms in total. The zero-order valence-electron chi connectivity index (χ0n) is 20.8. The smallest absolute Gasteiger partial charge is 0.270 e. The van der Waals surface area contributed by atoms with Crippen LogP contribution in [0.25, 0.3) is 17.0 Å². The standard InChI is InChI=1S/C28H26N4O6/c1-37-25-11-10-19(16-26(25)38-2)27(33)31-24(15-18-6-5-7-21(14-18)32(35)36)28(34)29-13-12-20-17-30-23-9-4-3-8-22(20)23/h3-11,14-17,30H,12-13H2,1-2H3,(H,29,34)(H,31,33)/b24-15-. The maximum atomic E-state index is 13.2. The lowest BCUT2D eigenvalue weighted by atomic mass is 10.1. The van der Waals surface area contributed by atoms with Crippen LogP contribution in [0.1, 0.15) is 21.5 Å². The number of ether oxygens (including phenoxy) is 2. The zero-order valence-corrected chi connectivity index (χ0v) is 20.8. The predicted molar refractivity (Wildman–Crippen MR) is 143 cm³/mol. The number of aromatic amines is 1. The third-order valence-corrected chi connectivity index (χ3v) is 5.89. The van der Waals surface area contributed by atoms with Crippen LogP contribution in [-0.4, -0.2) is 42.5 Å². The van der Waals surface area contributed by atoms with Crippen molar-refractivity contribution in [1.82, 2.24) is 15.6 Å². The number of rotatable bonds is 10. The van der Waals surface area contributed by atoms with Crippen molar-refractivity contribution in [3.8, 4) is 11.5 Å². The molecule has 10 heteroatoms. The second kappa shape index (κ2) is 11.7. The van der Waals surface area contributed by atoms with Gasteiger partial charge in [0.15, 0.2) is 11.5 Å². The van der Waals surface area contributed by atoms with E-state index in [1.807, 2.05) is 30.5 Å². The van der Waals surface area contributed by atoms with Gasteiger partial charge >= 0.3 is 0 Å². The number of non-ortho nitro benzene ring substituents is 1. The Morgan fingerprint density at radius 3 is 2.55 bits per heavy atom. The first kappa shape index (κ1) is 26.0. The van der Waals surface area contributed by atoms with Gasteiger partial charge in [0.1, 0.15) is 5.70 Å². The number of nitro benzene ring substituents is 1. The first-order valence-electron chi connectivity index (χ1n) is 11.7. The summed E-state index contributed by atoms with van der Waals surface area (Å²) in [6.45, 7) is 0.305. The van der Waals surface area contributed by atoms with E-state index in [2.05, 4.69) is 15.6 Å². The second-order valence-electron chi connectivity index (χ2n) is 8.30. The molecule has 3 aromatic carbocycles. The van der Waals surface area contributed by atoms with E-state index in [4.69, 9.17) is 9.47 Å². The number of nitro groups is 1. The fourth-order valence-corrected chi connectivity index (χ4v) is 3.97. The average Bonchev–Trinajstić information content (AvgIpc) is 3.35. The molecular weight excluding hydrogens is 488 g/mol. The number of amides is 2. The molecule has 1 heterocycles. The van der Waals surface area contributed by atoms with Gasteiger partial charge in [-0.1, -0.05) is 30.3 Å². The number of hydrogen-bond donors (Lipinski definition) is 3. The minimum Gasteiger partial charge on any atom is -0.493 e. The summed E-state index contributed by atoms with van der Waals surface area (Å²) in [5.74, 6) is -0.293. The number of aromatic nitrogens is 1. The molecule has 0 atom stereocenters. The predicted octanol–water partition coefficient (Wildman–Crippen LogP) is 4.22. The Morgan fingerprint density at radius 2 is 1.79 bits per heavy atom. The Labute approximate surface area is 218 Å². The van der Waals surface area contributed by atoms with Crippen LogP contribution >= 0.6 is 0 Å². The normalized spacial score (nSPS) is 11.2. The number of para-hydroxylation sites is 1. The van der Waals surface area contributed by atoms with Crippen molar-refractivity contribution >= 4 is 34.5 Å². The molecule has 3 N–H and O–H groups in total. The fourth-order valence-electron chi connectivity index (χ4n) is 3.97. The van der Waals surface area contributed by atoms with Crippen molar-refractivity contribution in [2.45, 2.75) is 6.42 Å². The van der Waals surface area contributed by atoms with Gasteiger partial charge in [-0.05, 0) is 47.9 Å². The summed E-state index contributed by atoms with van der Waals surface area (Å²) in [6, 6.07) is 18.3. The van der Waals surface area contributed by atoms with Gasteiger partial charge in [0.05, 0.1) is 19.1 Å². The Hall–Kier alpha value is -5.12. The molecule has 0 bridgehead atoms. The Balaban J connectivity index is 1.55. The maximum absolute atomic E-state index is 13.2. The van der Waals surface area contributed by atoms with Crippen molar-refractivity contribution in [2.75, 3.05) is 20.8 Å². The quantitative estimate of drug-likeness (QED) is 0.165. The number of nitrogens with one attached hydrogen (secondary N) is 3. The molecule has 0 radical (unpaired) electrons. The molecule has 0 aliphatic carbocycles. The number of fused-ring (bicyclic) bond motifs is 1. The molecule has 0 fully saturated rings. The van der Waals surface area contributed by atoms with E-state index in [1.54, 1.807) is 12.1 Å². The van der Waals surface area contributed by atoms with Crippen LogP contribution in [0.5, 0.6) is 11.5 Å². The second-order valence-corrected chi connectivity index (χ2v) is 8.30. The molecule has 0 aliphatic rings. The Morgan fingerprint density at radius 1 is 1.00 bits per heavy atom. The summed E-state index contributed by atoms with van der Waals surface area (Å²) in [5.41, 5.74) is 2.46. The van der Waals surface area contributed by atoms with Gasteiger partial charge in [0.2, 0.25) is 0 Å². The van der Waals surface area contributed by atoms with Crippen LogP contribution in [0.4, 0.5) is 5.69 Å². The number of hydrogen-bond acceptors (Lipinski definition) is 6. The topological polar surface area (TPSA) is 136 Å². The lowest BCUT2D eigenvalue weighted by molar-refractivity contribution is -0.384. The average molecular weight is 515 g/mol. The third kappa shape index (κ3) is 5.98. The summed E-state index contributed by atoms with van der Waals surface area (Å²) < 4.78 is 10.5. The lowest BCUT2D eigenvalue weighted by Crippen LogP contribution is -2.35. The summed E-state index contributed by atoms with van der Waals surface area (Å²) >= 11 is 0. The SMILES string of the molecule is COc1ccc(C(=O)N/C(=C\c2cccc([N+](=O)[O-])c2)C(=O)NCCc2c[nH]c3ccccc23)cc1OC. The van der Waals surface area contributed by atoms with Crippen LogP contribution in [0, 0.1) is 10.1 Å². The third-order valence-electron chi connectivity index (χ3n) is 5.89. The molecule has 0 aliphatic heterocycles. The van der Waals surface area contributed by atoms with E-state index in [1.165, 1.54) is 50.6 Å². The van der Waals surface area contributed by atoms with Gasteiger partial charge in [-0.25, -0.2) is 0 Å². The number of carbonyl (C=O) groups is 2. The van der Waals surface area contributed by atoms with Gasteiger partial charge < -0.3 is 25.1 Å². The molecule has 0 saturated heterocycles. The molecule has 0 unspecified atom stereocenters. The Kier molecular flexibility index (Phi) is 8.02. The number of nitrogens with zero attached hydrogens (tertiary/aromatic N) is 1. The highest BCUT2D eigenvalue weighted by atomic mass is 16.6. The summed E-state index contributed by atoms with van der Waals surface area (Å²) in [4.78, 5) is 40.1. The summed E-state index contributed by atoms with van der Waals surface area (Å²) in [7, 11) is 2.94. The van der Waals surface area contributed by atoms with Crippen molar-refractivity contribution in [1.29, 1.82) is 0 Å². The molecule has 1 aromatic heterocycles. The fraction of sp³-hybridized carbons (Fsp3) is 0.143. The van der Waals surface area contributed by atoms with E-state index in [9.17, 15) is 19.7 Å². The number of carbonyl (C=O) groups excluding carboxylic acids is 2. The minimum absolute atomic E-state index is 0.0655. The van der Waals surface area contributed by atoms with Crippen molar-refractivity contribution in [3.05, 3.63) is 105 Å². The van der Waals surface area contributed by atoms with Gasteiger partial charge in [-0.3, -0.25) is 19.7 Å². The molecule has 0 spiro atoms. The molecule has 38 heavy (non-hydrogen) atoms. The van der Waals surface area contributed by atoms with Crippen molar-refractivity contribution < 1.29 is 24.0 Å². The van der Waals surface area contributed by atoms with Gasteiger partial charge in [-0.15, -0.1) is 0 Å². The monoisotopic (exact) mass is 514 g/mol.